The van der Waals surface area contributed by atoms with Crippen molar-refractivity contribution < 1.29 is 18.7 Å². The normalized spacial score (nSPS) is 11.0. The molecule has 1 N–H and O–H groups in total. The largest absolute Gasteiger partial charge is 0.497 e. The second kappa shape index (κ2) is 8.77. The van der Waals surface area contributed by atoms with Crippen molar-refractivity contribution in [2.75, 3.05) is 19.0 Å². The first-order valence-electron chi connectivity index (χ1n) is 9.83. The lowest BCUT2D eigenvalue weighted by Gasteiger charge is -2.11. The summed E-state index contributed by atoms with van der Waals surface area (Å²) in [6.45, 7) is 4.34. The van der Waals surface area contributed by atoms with E-state index < -0.39 is 0 Å². The molecule has 0 aliphatic rings. The van der Waals surface area contributed by atoms with Gasteiger partial charge in [0, 0.05) is 17.8 Å². The van der Waals surface area contributed by atoms with E-state index in [1.54, 1.807) is 20.1 Å². The van der Waals surface area contributed by atoms with Gasteiger partial charge in [0.05, 0.1) is 13.7 Å². The summed E-state index contributed by atoms with van der Waals surface area (Å²) in [5.41, 5.74) is 3.13. The number of carbonyl (C=O) groups is 1. The van der Waals surface area contributed by atoms with E-state index in [9.17, 15) is 9.18 Å². The maximum Gasteiger partial charge on any atom is 0.350 e. The lowest BCUT2D eigenvalue weighted by molar-refractivity contribution is 0.0531. The van der Waals surface area contributed by atoms with E-state index in [-0.39, 0.29) is 11.8 Å². The fourth-order valence-electron chi connectivity index (χ4n) is 3.40. The monoisotopic (exact) mass is 439 g/mol. The van der Waals surface area contributed by atoms with E-state index >= 15 is 0 Å². The van der Waals surface area contributed by atoms with Crippen molar-refractivity contribution in [1.82, 2.24) is 9.38 Å². The molecule has 0 aliphatic carbocycles. The molecule has 0 spiro atoms. The zero-order chi connectivity index (χ0) is 22.0. The second-order valence-electron chi connectivity index (χ2n) is 6.88. The molecule has 2 heterocycles. The Kier molecular flexibility index (Phi) is 5.90. The number of nitrogens with one attached hydrogen (secondary N) is 1. The first kappa shape index (κ1) is 20.9. The summed E-state index contributed by atoms with van der Waals surface area (Å²) in [5, 5.41) is 3.39. The molecule has 0 radical (unpaired) electrons. The molecule has 4 aromatic rings. The van der Waals surface area contributed by atoms with Gasteiger partial charge in [0.15, 0.2) is 4.96 Å². The third-order valence-corrected chi connectivity index (χ3v) is 5.98. The Balaban J connectivity index is 1.82. The Hall–Kier alpha value is -3.39. The molecule has 6 nitrogen and oxygen atoms in total. The lowest BCUT2D eigenvalue weighted by Crippen LogP contribution is -2.07. The third-order valence-electron chi connectivity index (χ3n) is 4.86. The van der Waals surface area contributed by atoms with Crippen LogP contribution in [-0.2, 0) is 11.3 Å². The van der Waals surface area contributed by atoms with Gasteiger partial charge in [0.1, 0.15) is 28.0 Å². The van der Waals surface area contributed by atoms with Crippen molar-refractivity contribution in [3.63, 3.8) is 0 Å². The Labute approximate surface area is 183 Å². The zero-order valence-corrected chi connectivity index (χ0v) is 18.3. The van der Waals surface area contributed by atoms with Crippen LogP contribution in [0.5, 0.6) is 5.75 Å². The molecule has 0 bridgehead atoms. The average Bonchev–Trinajstić information content (AvgIpc) is 3.29. The Bertz CT molecular complexity index is 1250. The molecule has 0 unspecified atom stereocenters. The molecule has 2 aromatic heterocycles. The summed E-state index contributed by atoms with van der Waals surface area (Å²) < 4.78 is 26.1. The van der Waals surface area contributed by atoms with Crippen LogP contribution in [-0.4, -0.2) is 29.1 Å². The van der Waals surface area contributed by atoms with Gasteiger partial charge in [-0.05, 0) is 43.7 Å². The Morgan fingerprint density at radius 3 is 2.77 bits per heavy atom. The SMILES string of the molecule is CCOC(=O)c1sc2nc(-c3cccc(OC)c3)c(NCc3cccc(F)c3)n2c1C. The highest BCUT2D eigenvalue weighted by Gasteiger charge is 2.23. The van der Waals surface area contributed by atoms with Crippen LogP contribution in [0, 0.1) is 12.7 Å². The van der Waals surface area contributed by atoms with E-state index in [0.29, 0.717) is 28.7 Å². The van der Waals surface area contributed by atoms with Crippen LogP contribution < -0.4 is 10.1 Å². The molecule has 0 atom stereocenters. The van der Waals surface area contributed by atoms with Gasteiger partial charge in [0.2, 0.25) is 0 Å². The summed E-state index contributed by atoms with van der Waals surface area (Å²) >= 11 is 1.28. The number of aromatic nitrogens is 2. The molecule has 8 heteroatoms. The molecule has 160 valence electrons. The highest BCUT2D eigenvalue weighted by atomic mass is 32.1. The van der Waals surface area contributed by atoms with Crippen molar-refractivity contribution in [2.45, 2.75) is 20.4 Å². The van der Waals surface area contributed by atoms with Crippen LogP contribution in [0.15, 0.2) is 48.5 Å². The summed E-state index contributed by atoms with van der Waals surface area (Å²) in [5.74, 6) is 0.780. The number of nitrogens with zero attached hydrogens (tertiary/aromatic N) is 2. The van der Waals surface area contributed by atoms with E-state index in [0.717, 1.165) is 28.3 Å². The number of ether oxygens (including phenoxy) is 2. The van der Waals surface area contributed by atoms with E-state index in [2.05, 4.69) is 5.32 Å². The van der Waals surface area contributed by atoms with Crippen molar-refractivity contribution in [2.24, 2.45) is 0 Å². The molecule has 0 saturated carbocycles. The van der Waals surface area contributed by atoms with Crippen LogP contribution in [0.4, 0.5) is 10.2 Å². The number of thiazole rings is 1. The van der Waals surface area contributed by atoms with Crippen molar-refractivity contribution >= 4 is 28.1 Å². The number of esters is 1. The summed E-state index contributed by atoms with van der Waals surface area (Å²) in [6.07, 6.45) is 0. The van der Waals surface area contributed by atoms with Crippen LogP contribution in [0.25, 0.3) is 16.2 Å². The fourth-order valence-corrected chi connectivity index (χ4v) is 4.42. The number of halogens is 1. The maximum atomic E-state index is 13.6. The highest BCUT2D eigenvalue weighted by Crippen LogP contribution is 2.36. The molecule has 31 heavy (non-hydrogen) atoms. The van der Waals surface area contributed by atoms with Gasteiger partial charge in [-0.3, -0.25) is 4.40 Å². The molecular formula is C23H22FN3O3S. The number of anilines is 1. The number of hydrogen-bond donors (Lipinski definition) is 1. The third kappa shape index (κ3) is 4.11. The van der Waals surface area contributed by atoms with Crippen LogP contribution in [0.2, 0.25) is 0 Å². The molecular weight excluding hydrogens is 417 g/mol. The standard InChI is InChI=1S/C23H22FN3O3S/c1-4-30-22(28)20-14(2)27-21(25-13-15-7-5-9-17(24)11-15)19(26-23(27)31-20)16-8-6-10-18(12-16)29-3/h5-12,25H,4,13H2,1-3H3. The number of hydrogen-bond acceptors (Lipinski definition) is 6. The average molecular weight is 440 g/mol. The van der Waals surface area contributed by atoms with E-state index in [1.807, 2.05) is 41.7 Å². The van der Waals surface area contributed by atoms with Gasteiger partial charge >= 0.3 is 5.97 Å². The fraction of sp³-hybridized carbons (Fsp3) is 0.217. The van der Waals surface area contributed by atoms with Crippen LogP contribution in [0.1, 0.15) is 27.9 Å². The molecule has 0 aliphatic heterocycles. The first-order chi connectivity index (χ1) is 15.0. The van der Waals surface area contributed by atoms with Crippen LogP contribution in [0.3, 0.4) is 0 Å². The van der Waals surface area contributed by atoms with Crippen molar-refractivity contribution in [3.8, 4) is 17.0 Å². The number of aryl methyl sites for hydroxylation is 1. The number of fused-ring (bicyclic) bond motifs is 1. The van der Waals surface area contributed by atoms with E-state index in [4.69, 9.17) is 14.5 Å². The Morgan fingerprint density at radius 1 is 1.23 bits per heavy atom. The number of imidazole rings is 1. The quantitative estimate of drug-likeness (QED) is 0.396. The lowest BCUT2D eigenvalue weighted by atomic mass is 10.1. The van der Waals surface area contributed by atoms with Crippen molar-refractivity contribution in [1.29, 1.82) is 0 Å². The number of methoxy groups -OCH3 is 1. The van der Waals surface area contributed by atoms with Gasteiger partial charge in [-0.25, -0.2) is 14.2 Å². The molecule has 0 amide bonds. The van der Waals surface area contributed by atoms with Crippen molar-refractivity contribution in [3.05, 3.63) is 70.5 Å². The maximum absolute atomic E-state index is 13.6. The van der Waals surface area contributed by atoms with Gasteiger partial charge < -0.3 is 14.8 Å². The predicted octanol–water partition coefficient (Wildman–Crippen LogP) is 5.31. The Morgan fingerprint density at radius 2 is 2.03 bits per heavy atom. The van der Waals surface area contributed by atoms with E-state index in [1.165, 1.54) is 23.5 Å². The van der Waals surface area contributed by atoms with Gasteiger partial charge in [-0.1, -0.05) is 35.6 Å². The number of rotatable bonds is 7. The summed E-state index contributed by atoms with van der Waals surface area (Å²) in [4.78, 5) is 18.3. The number of carbonyl (C=O) groups excluding carboxylic acids is 1. The van der Waals surface area contributed by atoms with Gasteiger partial charge in [-0.2, -0.15) is 0 Å². The van der Waals surface area contributed by atoms with Gasteiger partial charge in [-0.15, -0.1) is 0 Å². The topological polar surface area (TPSA) is 64.9 Å². The molecule has 0 saturated heterocycles. The summed E-state index contributed by atoms with van der Waals surface area (Å²) in [6, 6.07) is 14.0. The molecule has 2 aromatic carbocycles. The first-order valence-corrected chi connectivity index (χ1v) is 10.6. The summed E-state index contributed by atoms with van der Waals surface area (Å²) in [7, 11) is 1.61. The smallest absolute Gasteiger partial charge is 0.350 e. The molecule has 4 rings (SSSR count). The molecule has 0 fully saturated rings. The minimum Gasteiger partial charge on any atom is -0.497 e. The second-order valence-corrected chi connectivity index (χ2v) is 7.86. The zero-order valence-electron chi connectivity index (χ0n) is 17.4. The highest BCUT2D eigenvalue weighted by molar-refractivity contribution is 7.19. The predicted molar refractivity (Wildman–Crippen MR) is 119 cm³/mol. The minimum atomic E-state index is -0.366. The minimum absolute atomic E-state index is 0.290. The number of benzene rings is 2. The van der Waals surface area contributed by atoms with Gasteiger partial charge in [0.25, 0.3) is 0 Å². The van der Waals surface area contributed by atoms with Crippen LogP contribution >= 0.6 is 11.3 Å².